The van der Waals surface area contributed by atoms with E-state index < -0.39 is 0 Å². The van der Waals surface area contributed by atoms with Crippen molar-refractivity contribution in [1.82, 2.24) is 15.0 Å². The van der Waals surface area contributed by atoms with Crippen LogP contribution in [0.15, 0.2) is 42.3 Å². The van der Waals surface area contributed by atoms with E-state index in [1.807, 2.05) is 11.7 Å². The molecule has 0 atom stereocenters. The van der Waals surface area contributed by atoms with E-state index in [9.17, 15) is 0 Å². The number of benzene rings is 2. The summed E-state index contributed by atoms with van der Waals surface area (Å²) in [6.45, 7) is 0. The summed E-state index contributed by atoms with van der Waals surface area (Å²) in [5.41, 5.74) is 3.94. The molecule has 3 nitrogen and oxygen atoms in total. The molecule has 17 heavy (non-hydrogen) atoms. The molecule has 4 rings (SSSR count). The molecule has 2 aromatic carbocycles. The zero-order chi connectivity index (χ0) is 11.2. The first-order chi connectivity index (χ1) is 8.43. The van der Waals surface area contributed by atoms with Crippen LogP contribution in [-0.2, 0) is 0 Å². The van der Waals surface area contributed by atoms with E-state index in [1.165, 1.54) is 4.70 Å². The summed E-state index contributed by atoms with van der Waals surface area (Å²) in [5.74, 6) is 0. The van der Waals surface area contributed by atoms with Gasteiger partial charge in [0.05, 0.1) is 21.2 Å². The van der Waals surface area contributed by atoms with Gasteiger partial charge in [-0.2, -0.15) is 0 Å². The van der Waals surface area contributed by atoms with E-state index in [0.29, 0.717) is 0 Å². The third kappa shape index (κ3) is 1.18. The van der Waals surface area contributed by atoms with Crippen LogP contribution >= 0.6 is 11.3 Å². The van der Waals surface area contributed by atoms with E-state index in [1.54, 1.807) is 17.7 Å². The van der Waals surface area contributed by atoms with Crippen LogP contribution in [0.4, 0.5) is 0 Å². The fourth-order valence-electron chi connectivity index (χ4n) is 2.19. The van der Waals surface area contributed by atoms with Crippen LogP contribution in [0.5, 0.6) is 0 Å². The largest absolute Gasteiger partial charge is 0.244 e. The lowest BCUT2D eigenvalue weighted by molar-refractivity contribution is 1.23. The van der Waals surface area contributed by atoms with Gasteiger partial charge in [-0.25, -0.2) is 15.0 Å². The topological polar surface area (TPSA) is 38.7 Å². The highest BCUT2D eigenvalue weighted by atomic mass is 32.1. The second kappa shape index (κ2) is 3.21. The standard InChI is InChI=1S/C13H7N3S/c1-2-10-9(12-8(1)5-14-6-15-12)3-4-11-13(10)16-7-17-11/h1-7H. The van der Waals surface area contributed by atoms with Crippen LogP contribution in [0.1, 0.15) is 0 Å². The van der Waals surface area contributed by atoms with Gasteiger partial charge in [0.2, 0.25) is 0 Å². The van der Waals surface area contributed by atoms with E-state index >= 15 is 0 Å². The highest BCUT2D eigenvalue weighted by Crippen LogP contribution is 2.30. The van der Waals surface area contributed by atoms with Crippen LogP contribution in [-0.4, -0.2) is 15.0 Å². The SMILES string of the molecule is c1ncc2ccc3c(ccc4scnc43)c2n1. The number of thiazole rings is 1. The number of fused-ring (bicyclic) bond motifs is 5. The van der Waals surface area contributed by atoms with Crippen LogP contribution in [0.3, 0.4) is 0 Å². The second-order valence-electron chi connectivity index (χ2n) is 3.89. The van der Waals surface area contributed by atoms with E-state index in [4.69, 9.17) is 0 Å². The minimum absolute atomic E-state index is 0.993. The second-order valence-corrected chi connectivity index (χ2v) is 4.77. The molecule has 0 fully saturated rings. The van der Waals surface area contributed by atoms with Gasteiger partial charge in [0, 0.05) is 22.4 Å². The molecular formula is C13H7N3S. The Morgan fingerprint density at radius 1 is 0.882 bits per heavy atom. The average molecular weight is 237 g/mol. The Morgan fingerprint density at radius 2 is 1.76 bits per heavy atom. The first-order valence-electron chi connectivity index (χ1n) is 5.28. The molecule has 0 aliphatic carbocycles. The third-order valence-electron chi connectivity index (χ3n) is 2.97. The lowest BCUT2D eigenvalue weighted by Crippen LogP contribution is -1.84. The molecule has 0 saturated carbocycles. The first kappa shape index (κ1) is 9.01. The molecule has 0 spiro atoms. The minimum Gasteiger partial charge on any atom is -0.244 e. The summed E-state index contributed by atoms with van der Waals surface area (Å²) in [6, 6.07) is 8.38. The molecule has 2 heterocycles. The summed E-state index contributed by atoms with van der Waals surface area (Å²) < 4.78 is 1.21. The number of hydrogen-bond donors (Lipinski definition) is 0. The van der Waals surface area contributed by atoms with Gasteiger partial charge in [-0.3, -0.25) is 0 Å². The molecule has 0 unspecified atom stereocenters. The summed E-state index contributed by atoms with van der Waals surface area (Å²) >= 11 is 1.66. The van der Waals surface area contributed by atoms with Gasteiger partial charge in [0.1, 0.15) is 6.33 Å². The summed E-state index contributed by atoms with van der Waals surface area (Å²) in [5, 5.41) is 3.37. The van der Waals surface area contributed by atoms with Crippen LogP contribution < -0.4 is 0 Å². The highest BCUT2D eigenvalue weighted by molar-refractivity contribution is 7.16. The van der Waals surface area contributed by atoms with Gasteiger partial charge < -0.3 is 0 Å². The van der Waals surface area contributed by atoms with Crippen molar-refractivity contribution in [2.75, 3.05) is 0 Å². The van der Waals surface area contributed by atoms with Gasteiger partial charge >= 0.3 is 0 Å². The molecule has 2 aromatic heterocycles. The molecule has 0 bridgehead atoms. The zero-order valence-electron chi connectivity index (χ0n) is 8.79. The Bertz CT molecular complexity index is 851. The Balaban J connectivity index is 2.34. The van der Waals surface area contributed by atoms with E-state index in [2.05, 4.69) is 39.2 Å². The van der Waals surface area contributed by atoms with Gasteiger partial charge in [-0.15, -0.1) is 11.3 Å². The fraction of sp³-hybridized carbons (Fsp3) is 0. The summed E-state index contributed by atoms with van der Waals surface area (Å²) in [4.78, 5) is 12.8. The monoisotopic (exact) mass is 237 g/mol. The highest BCUT2D eigenvalue weighted by Gasteiger charge is 2.06. The number of aromatic nitrogens is 3. The van der Waals surface area contributed by atoms with Crippen molar-refractivity contribution in [2.45, 2.75) is 0 Å². The molecule has 4 heteroatoms. The van der Waals surface area contributed by atoms with Crippen LogP contribution in [0.25, 0.3) is 31.9 Å². The molecule has 0 amide bonds. The lowest BCUT2D eigenvalue weighted by atomic mass is 10.1. The van der Waals surface area contributed by atoms with Gasteiger partial charge in [-0.1, -0.05) is 18.2 Å². The first-order valence-corrected chi connectivity index (χ1v) is 6.16. The van der Waals surface area contributed by atoms with Crippen molar-refractivity contribution in [2.24, 2.45) is 0 Å². The fourth-order valence-corrected chi connectivity index (χ4v) is 2.88. The Hall–Kier alpha value is -2.07. The summed E-state index contributed by atoms with van der Waals surface area (Å²) in [7, 11) is 0. The van der Waals surface area contributed by atoms with Crippen molar-refractivity contribution in [3.05, 3.63) is 42.3 Å². The normalized spacial score (nSPS) is 11.5. The lowest BCUT2D eigenvalue weighted by Gasteiger charge is -2.02. The van der Waals surface area contributed by atoms with Crippen LogP contribution in [0, 0.1) is 0 Å². The Labute approximate surface area is 101 Å². The predicted octanol–water partition coefficient (Wildman–Crippen LogP) is 3.39. The quantitative estimate of drug-likeness (QED) is 0.440. The van der Waals surface area contributed by atoms with E-state index in [0.717, 1.165) is 27.2 Å². The van der Waals surface area contributed by atoms with Crippen molar-refractivity contribution in [3.8, 4) is 0 Å². The van der Waals surface area contributed by atoms with Crippen molar-refractivity contribution in [3.63, 3.8) is 0 Å². The molecule has 0 N–H and O–H groups in total. The molecule has 0 aliphatic heterocycles. The third-order valence-corrected chi connectivity index (χ3v) is 3.76. The predicted molar refractivity (Wildman–Crippen MR) is 70.2 cm³/mol. The Kier molecular flexibility index (Phi) is 1.70. The number of hydrogen-bond acceptors (Lipinski definition) is 4. The molecule has 80 valence electrons. The number of nitrogens with zero attached hydrogens (tertiary/aromatic N) is 3. The maximum absolute atomic E-state index is 4.43. The molecule has 0 aliphatic rings. The van der Waals surface area contributed by atoms with E-state index in [-0.39, 0.29) is 0 Å². The number of rotatable bonds is 0. The van der Waals surface area contributed by atoms with Crippen molar-refractivity contribution in [1.29, 1.82) is 0 Å². The maximum atomic E-state index is 4.43. The van der Waals surface area contributed by atoms with Gasteiger partial charge in [0.25, 0.3) is 0 Å². The van der Waals surface area contributed by atoms with Gasteiger partial charge in [0.15, 0.2) is 0 Å². The molecule has 4 aromatic rings. The molecule has 0 radical (unpaired) electrons. The Morgan fingerprint density at radius 3 is 2.76 bits per heavy atom. The van der Waals surface area contributed by atoms with Crippen molar-refractivity contribution < 1.29 is 0 Å². The maximum Gasteiger partial charge on any atom is 0.116 e. The average Bonchev–Trinajstić information content (AvgIpc) is 2.86. The molecule has 0 saturated heterocycles. The van der Waals surface area contributed by atoms with Gasteiger partial charge in [-0.05, 0) is 6.07 Å². The van der Waals surface area contributed by atoms with Crippen LogP contribution in [0.2, 0.25) is 0 Å². The smallest absolute Gasteiger partial charge is 0.116 e. The van der Waals surface area contributed by atoms with Crippen molar-refractivity contribution >= 4 is 43.2 Å². The molecular weight excluding hydrogens is 230 g/mol. The minimum atomic E-state index is 0.993. The summed E-state index contributed by atoms with van der Waals surface area (Å²) in [6.07, 6.45) is 3.43. The zero-order valence-corrected chi connectivity index (χ0v) is 9.61.